The Morgan fingerprint density at radius 1 is 0.909 bits per heavy atom. The summed E-state index contributed by atoms with van der Waals surface area (Å²) >= 11 is 0. The highest BCUT2D eigenvalue weighted by Crippen LogP contribution is 2.38. The van der Waals surface area contributed by atoms with Gasteiger partial charge in [0.15, 0.2) is 23.1 Å². The molecule has 5 aromatic rings. The van der Waals surface area contributed by atoms with E-state index in [0.29, 0.717) is 52.4 Å². The van der Waals surface area contributed by atoms with Crippen molar-refractivity contribution >= 4 is 10.9 Å². The number of nitrogens with zero attached hydrogens (tertiary/aromatic N) is 4. The monoisotopic (exact) mass is 594 g/mol. The Kier molecular flexibility index (Phi) is 9.12. The summed E-state index contributed by atoms with van der Waals surface area (Å²) in [5, 5.41) is 0.657. The van der Waals surface area contributed by atoms with Crippen LogP contribution >= 0.6 is 0 Å². The first-order valence-electron chi connectivity index (χ1n) is 15.0. The van der Waals surface area contributed by atoms with E-state index in [1.165, 1.54) is 48.5 Å². The lowest BCUT2D eigenvalue weighted by Crippen LogP contribution is -2.31. The maximum Gasteiger partial charge on any atom is 0.261 e. The molecule has 1 aliphatic rings. The molecule has 3 heterocycles. The lowest BCUT2D eigenvalue weighted by molar-refractivity contribution is 0.203. The van der Waals surface area contributed by atoms with Crippen LogP contribution in [-0.4, -0.2) is 52.8 Å². The molecule has 0 aliphatic carbocycles. The van der Waals surface area contributed by atoms with Gasteiger partial charge in [-0.2, -0.15) is 0 Å². The highest BCUT2D eigenvalue weighted by atomic mass is 19.1. The van der Waals surface area contributed by atoms with E-state index in [0.717, 1.165) is 31.6 Å². The van der Waals surface area contributed by atoms with Crippen molar-refractivity contribution in [2.24, 2.45) is 0 Å². The fraction of sp³-hybridized carbons (Fsp3) is 0.286. The van der Waals surface area contributed by atoms with Crippen molar-refractivity contribution < 1.29 is 18.6 Å². The van der Waals surface area contributed by atoms with Crippen LogP contribution in [0.4, 0.5) is 4.39 Å². The second kappa shape index (κ2) is 13.7. The summed E-state index contributed by atoms with van der Waals surface area (Å²) in [6.07, 6.45) is 9.33. The SMILES string of the molecule is COc1cc2c(Oc3ccc(-c4cncn(Cc5ccccc5)c4=O)cc3F)ccnc2cc1OCCCN1CCCCC1. The van der Waals surface area contributed by atoms with E-state index >= 15 is 4.39 Å². The molecular formula is C35H35FN4O4. The molecule has 9 heteroatoms. The van der Waals surface area contributed by atoms with E-state index in [4.69, 9.17) is 14.2 Å². The van der Waals surface area contributed by atoms with Crippen molar-refractivity contribution in [2.75, 3.05) is 33.4 Å². The number of likely N-dealkylation sites (tertiary alicyclic amines) is 1. The lowest BCUT2D eigenvalue weighted by Gasteiger charge is -2.26. The zero-order chi connectivity index (χ0) is 30.3. The number of piperidine rings is 1. The third kappa shape index (κ3) is 6.73. The Morgan fingerprint density at radius 2 is 1.75 bits per heavy atom. The van der Waals surface area contributed by atoms with Gasteiger partial charge in [-0.1, -0.05) is 42.8 Å². The van der Waals surface area contributed by atoms with Crippen molar-refractivity contribution in [2.45, 2.75) is 32.2 Å². The van der Waals surface area contributed by atoms with Crippen LogP contribution in [0.3, 0.4) is 0 Å². The molecule has 0 atom stereocenters. The topological polar surface area (TPSA) is 78.7 Å². The Morgan fingerprint density at radius 3 is 2.55 bits per heavy atom. The Balaban J connectivity index is 1.18. The fourth-order valence-electron chi connectivity index (χ4n) is 5.55. The molecule has 0 radical (unpaired) electrons. The molecule has 0 unspecified atom stereocenters. The molecule has 1 saturated heterocycles. The standard InChI is InChI=1S/C35H35FN4O4/c1-42-33-20-27-30(21-34(33)43-18-8-17-39-15-6-3-7-16-39)38-14-13-31(27)44-32-12-11-26(19-29(32)36)28-22-37-24-40(35(28)41)23-25-9-4-2-5-10-25/h2,4-5,9-14,19-22,24H,3,6-8,15-18,23H2,1H3. The van der Waals surface area contributed by atoms with Crippen molar-refractivity contribution in [3.8, 4) is 34.1 Å². The first-order valence-corrected chi connectivity index (χ1v) is 15.0. The van der Waals surface area contributed by atoms with E-state index in [9.17, 15) is 4.79 Å². The molecule has 0 bridgehead atoms. The number of aromatic nitrogens is 3. The summed E-state index contributed by atoms with van der Waals surface area (Å²) in [5.41, 5.74) is 2.07. The van der Waals surface area contributed by atoms with E-state index in [1.54, 1.807) is 31.5 Å². The van der Waals surface area contributed by atoms with Gasteiger partial charge in [0, 0.05) is 30.4 Å². The van der Waals surface area contributed by atoms with Gasteiger partial charge >= 0.3 is 0 Å². The molecule has 0 saturated carbocycles. The van der Waals surface area contributed by atoms with Crippen LogP contribution in [0.1, 0.15) is 31.2 Å². The maximum atomic E-state index is 15.4. The third-order valence-corrected chi connectivity index (χ3v) is 7.87. The molecule has 1 aliphatic heterocycles. The van der Waals surface area contributed by atoms with E-state index in [-0.39, 0.29) is 11.3 Å². The van der Waals surface area contributed by atoms with Gasteiger partial charge in [0.05, 0.1) is 37.7 Å². The average Bonchev–Trinajstić information content (AvgIpc) is 3.06. The van der Waals surface area contributed by atoms with Crippen molar-refractivity contribution in [3.05, 3.63) is 107 Å². The van der Waals surface area contributed by atoms with Crippen LogP contribution < -0.4 is 19.8 Å². The number of rotatable bonds is 11. The first kappa shape index (κ1) is 29.3. The van der Waals surface area contributed by atoms with E-state index in [1.807, 2.05) is 36.4 Å². The van der Waals surface area contributed by atoms with Crippen LogP contribution in [0.5, 0.6) is 23.0 Å². The molecule has 8 nitrogen and oxygen atoms in total. The van der Waals surface area contributed by atoms with Crippen LogP contribution in [0, 0.1) is 5.82 Å². The predicted molar refractivity (Wildman–Crippen MR) is 168 cm³/mol. The van der Waals surface area contributed by atoms with Crippen molar-refractivity contribution in [1.82, 2.24) is 19.4 Å². The number of pyridine rings is 1. The molecule has 0 amide bonds. The Hall–Kier alpha value is -4.76. The molecule has 0 N–H and O–H groups in total. The molecule has 1 fully saturated rings. The third-order valence-electron chi connectivity index (χ3n) is 7.87. The predicted octanol–water partition coefficient (Wildman–Crippen LogP) is 6.70. The largest absolute Gasteiger partial charge is 0.493 e. The van der Waals surface area contributed by atoms with Crippen LogP contribution in [0.2, 0.25) is 0 Å². The average molecular weight is 595 g/mol. The Bertz CT molecular complexity index is 1790. The van der Waals surface area contributed by atoms with Gasteiger partial charge in [0.2, 0.25) is 0 Å². The number of hydrogen-bond acceptors (Lipinski definition) is 7. The maximum absolute atomic E-state index is 15.4. The molecule has 44 heavy (non-hydrogen) atoms. The second-order valence-corrected chi connectivity index (χ2v) is 10.9. The number of ether oxygens (including phenoxy) is 3. The fourth-order valence-corrected chi connectivity index (χ4v) is 5.55. The van der Waals surface area contributed by atoms with Gasteiger partial charge < -0.3 is 19.1 Å². The van der Waals surface area contributed by atoms with Gasteiger partial charge in [0.25, 0.3) is 5.56 Å². The first-order chi connectivity index (χ1) is 21.6. The number of methoxy groups -OCH3 is 1. The molecule has 226 valence electrons. The summed E-state index contributed by atoms with van der Waals surface area (Å²) in [4.78, 5) is 24.4. The van der Waals surface area contributed by atoms with E-state index < -0.39 is 5.82 Å². The van der Waals surface area contributed by atoms with Gasteiger partial charge in [-0.15, -0.1) is 0 Å². The zero-order valence-corrected chi connectivity index (χ0v) is 24.7. The molecule has 0 spiro atoms. The van der Waals surface area contributed by atoms with Gasteiger partial charge in [-0.25, -0.2) is 9.37 Å². The molecule has 2 aromatic heterocycles. The number of halogens is 1. The molecular weight excluding hydrogens is 559 g/mol. The minimum atomic E-state index is -0.606. The van der Waals surface area contributed by atoms with Crippen molar-refractivity contribution in [1.29, 1.82) is 0 Å². The smallest absolute Gasteiger partial charge is 0.261 e. The summed E-state index contributed by atoms with van der Waals surface area (Å²) in [6, 6.07) is 19.4. The Labute approximate surface area is 255 Å². The second-order valence-electron chi connectivity index (χ2n) is 10.9. The van der Waals surface area contributed by atoms with Crippen LogP contribution in [0.25, 0.3) is 22.0 Å². The summed E-state index contributed by atoms with van der Waals surface area (Å²) < 4.78 is 34.7. The molecule has 3 aromatic carbocycles. The van der Waals surface area contributed by atoms with Gasteiger partial charge in [-0.05, 0) is 67.7 Å². The van der Waals surface area contributed by atoms with Gasteiger partial charge in [0.1, 0.15) is 5.75 Å². The normalized spacial score (nSPS) is 13.6. The van der Waals surface area contributed by atoms with Gasteiger partial charge in [-0.3, -0.25) is 14.3 Å². The van der Waals surface area contributed by atoms with Crippen LogP contribution in [0.15, 0.2) is 90.2 Å². The quantitative estimate of drug-likeness (QED) is 0.158. The summed E-state index contributed by atoms with van der Waals surface area (Å²) in [5.74, 6) is 0.988. The lowest BCUT2D eigenvalue weighted by atomic mass is 10.1. The number of fused-ring (bicyclic) bond motifs is 1. The zero-order valence-electron chi connectivity index (χ0n) is 24.7. The number of benzene rings is 3. The molecule has 6 rings (SSSR count). The number of hydrogen-bond donors (Lipinski definition) is 0. The van der Waals surface area contributed by atoms with Crippen molar-refractivity contribution in [3.63, 3.8) is 0 Å². The van der Waals surface area contributed by atoms with E-state index in [2.05, 4.69) is 14.9 Å². The van der Waals surface area contributed by atoms with Crippen LogP contribution in [-0.2, 0) is 6.54 Å². The minimum Gasteiger partial charge on any atom is -0.493 e. The minimum absolute atomic E-state index is 0.0201. The highest BCUT2D eigenvalue weighted by molar-refractivity contribution is 5.88. The summed E-state index contributed by atoms with van der Waals surface area (Å²) in [6.45, 7) is 4.27. The summed E-state index contributed by atoms with van der Waals surface area (Å²) in [7, 11) is 1.59. The highest BCUT2D eigenvalue weighted by Gasteiger charge is 2.16.